The Labute approximate surface area is 85.7 Å². The molecule has 1 aromatic rings. The summed E-state index contributed by atoms with van der Waals surface area (Å²) in [4.78, 5) is 4.21. The fourth-order valence-electron chi connectivity index (χ4n) is 1.22. The third kappa shape index (κ3) is 3.75. The van der Waals surface area contributed by atoms with E-state index in [4.69, 9.17) is 5.73 Å². The zero-order chi connectivity index (χ0) is 10.4. The highest BCUT2D eigenvalue weighted by Crippen LogP contribution is 2.05. The van der Waals surface area contributed by atoms with Gasteiger partial charge in [-0.1, -0.05) is 6.92 Å². The van der Waals surface area contributed by atoms with E-state index in [1.54, 1.807) is 0 Å². The minimum absolute atomic E-state index is 0.298. The quantitative estimate of drug-likeness (QED) is 0.751. The number of hydrogen-bond acceptors (Lipinski definition) is 3. The molecule has 3 heteroatoms. The number of nitrogens with one attached hydrogen (secondary N) is 1. The van der Waals surface area contributed by atoms with Crippen molar-refractivity contribution in [2.75, 3.05) is 11.9 Å². The van der Waals surface area contributed by atoms with Gasteiger partial charge in [0.1, 0.15) is 5.82 Å². The van der Waals surface area contributed by atoms with Crippen LogP contribution >= 0.6 is 0 Å². The average Bonchev–Trinajstić information content (AvgIpc) is 2.17. The Morgan fingerprint density at radius 1 is 1.57 bits per heavy atom. The molecule has 0 amide bonds. The Morgan fingerprint density at radius 2 is 2.36 bits per heavy atom. The predicted octanol–water partition coefficient (Wildman–Crippen LogP) is 1.93. The molecule has 0 saturated heterocycles. The van der Waals surface area contributed by atoms with E-state index >= 15 is 0 Å². The molecule has 0 bridgehead atoms. The van der Waals surface area contributed by atoms with E-state index in [2.05, 4.69) is 24.1 Å². The predicted molar refractivity (Wildman–Crippen MR) is 60.3 cm³/mol. The first-order valence-corrected chi connectivity index (χ1v) is 5.14. The van der Waals surface area contributed by atoms with E-state index in [1.165, 1.54) is 5.56 Å². The van der Waals surface area contributed by atoms with Crippen LogP contribution in [0.1, 0.15) is 25.3 Å². The molecule has 0 aromatic carbocycles. The van der Waals surface area contributed by atoms with Crippen molar-refractivity contribution in [2.24, 2.45) is 5.73 Å². The summed E-state index contributed by atoms with van der Waals surface area (Å²) in [6.07, 6.45) is 3.84. The van der Waals surface area contributed by atoms with Crippen LogP contribution in [0.2, 0.25) is 0 Å². The minimum Gasteiger partial charge on any atom is -0.370 e. The molecule has 0 spiro atoms. The van der Waals surface area contributed by atoms with E-state index < -0.39 is 0 Å². The van der Waals surface area contributed by atoms with Gasteiger partial charge in [-0.15, -0.1) is 0 Å². The summed E-state index contributed by atoms with van der Waals surface area (Å²) in [5.41, 5.74) is 7.03. The Balaban J connectivity index is 2.31. The largest absolute Gasteiger partial charge is 0.370 e. The summed E-state index contributed by atoms with van der Waals surface area (Å²) in [7, 11) is 0. The van der Waals surface area contributed by atoms with Gasteiger partial charge in [-0.05, 0) is 37.5 Å². The Hall–Kier alpha value is -1.09. The summed E-state index contributed by atoms with van der Waals surface area (Å²) >= 11 is 0. The van der Waals surface area contributed by atoms with E-state index in [-0.39, 0.29) is 0 Å². The van der Waals surface area contributed by atoms with Crippen LogP contribution in [0.4, 0.5) is 5.82 Å². The van der Waals surface area contributed by atoms with Gasteiger partial charge >= 0.3 is 0 Å². The molecule has 0 fully saturated rings. The normalized spacial score (nSPS) is 12.5. The highest BCUT2D eigenvalue weighted by atomic mass is 15.0. The second-order valence-corrected chi connectivity index (χ2v) is 3.60. The first kappa shape index (κ1) is 11.0. The van der Waals surface area contributed by atoms with Gasteiger partial charge in [0.05, 0.1) is 0 Å². The van der Waals surface area contributed by atoms with Gasteiger partial charge in [-0.3, -0.25) is 0 Å². The smallest absolute Gasteiger partial charge is 0.126 e. The Morgan fingerprint density at radius 3 is 3.00 bits per heavy atom. The summed E-state index contributed by atoms with van der Waals surface area (Å²) < 4.78 is 0. The zero-order valence-corrected chi connectivity index (χ0v) is 8.96. The van der Waals surface area contributed by atoms with Crippen LogP contribution in [0.25, 0.3) is 0 Å². The van der Waals surface area contributed by atoms with Crippen molar-refractivity contribution in [1.82, 2.24) is 4.98 Å². The second-order valence-electron chi connectivity index (χ2n) is 3.60. The molecule has 1 unspecified atom stereocenters. The maximum absolute atomic E-state index is 5.81. The number of rotatable bonds is 5. The fourth-order valence-corrected chi connectivity index (χ4v) is 1.22. The highest BCUT2D eigenvalue weighted by molar-refractivity contribution is 5.36. The van der Waals surface area contributed by atoms with Crippen LogP contribution in [-0.2, 0) is 0 Å². The van der Waals surface area contributed by atoms with Crippen molar-refractivity contribution < 1.29 is 0 Å². The first-order chi connectivity index (χ1) is 6.72. The lowest BCUT2D eigenvalue weighted by Gasteiger charge is -2.09. The third-order valence-corrected chi connectivity index (χ3v) is 2.26. The highest BCUT2D eigenvalue weighted by Gasteiger charge is 1.98. The zero-order valence-electron chi connectivity index (χ0n) is 8.96. The van der Waals surface area contributed by atoms with Crippen molar-refractivity contribution >= 4 is 5.82 Å². The third-order valence-electron chi connectivity index (χ3n) is 2.26. The molecule has 1 rings (SSSR count). The molecule has 78 valence electrons. The van der Waals surface area contributed by atoms with Crippen LogP contribution < -0.4 is 11.1 Å². The summed E-state index contributed by atoms with van der Waals surface area (Å²) in [6.45, 7) is 5.06. The van der Waals surface area contributed by atoms with Crippen LogP contribution in [0.15, 0.2) is 18.3 Å². The maximum Gasteiger partial charge on any atom is 0.126 e. The lowest BCUT2D eigenvalue weighted by atomic mass is 10.2. The van der Waals surface area contributed by atoms with Gasteiger partial charge < -0.3 is 11.1 Å². The van der Waals surface area contributed by atoms with Gasteiger partial charge in [0, 0.05) is 18.8 Å². The van der Waals surface area contributed by atoms with E-state index in [0.29, 0.717) is 6.04 Å². The van der Waals surface area contributed by atoms with Crippen molar-refractivity contribution in [3.8, 4) is 0 Å². The van der Waals surface area contributed by atoms with Crippen LogP contribution in [0.5, 0.6) is 0 Å². The lowest BCUT2D eigenvalue weighted by Crippen LogP contribution is -2.22. The van der Waals surface area contributed by atoms with Gasteiger partial charge in [0.2, 0.25) is 0 Å². The second kappa shape index (κ2) is 5.60. The van der Waals surface area contributed by atoms with E-state index in [1.807, 2.05) is 18.3 Å². The molecule has 3 N–H and O–H groups in total. The topological polar surface area (TPSA) is 50.9 Å². The number of aryl methyl sites for hydroxylation is 1. The Bertz CT molecular complexity index is 273. The number of pyridine rings is 1. The van der Waals surface area contributed by atoms with Crippen LogP contribution in [-0.4, -0.2) is 17.6 Å². The molecule has 0 aliphatic heterocycles. The molecule has 0 aliphatic carbocycles. The van der Waals surface area contributed by atoms with E-state index in [9.17, 15) is 0 Å². The summed E-state index contributed by atoms with van der Waals surface area (Å²) in [5.74, 6) is 0.938. The van der Waals surface area contributed by atoms with Crippen molar-refractivity contribution in [3.63, 3.8) is 0 Å². The molecule has 0 saturated carbocycles. The molecular weight excluding hydrogens is 174 g/mol. The summed E-state index contributed by atoms with van der Waals surface area (Å²) in [6, 6.07) is 4.33. The van der Waals surface area contributed by atoms with Crippen molar-refractivity contribution in [2.45, 2.75) is 32.7 Å². The molecule has 0 aliphatic rings. The maximum atomic E-state index is 5.81. The molecule has 3 nitrogen and oxygen atoms in total. The van der Waals surface area contributed by atoms with Crippen molar-refractivity contribution in [3.05, 3.63) is 23.9 Å². The number of hydrogen-bond donors (Lipinski definition) is 2. The van der Waals surface area contributed by atoms with Crippen LogP contribution in [0.3, 0.4) is 0 Å². The average molecular weight is 193 g/mol. The first-order valence-electron chi connectivity index (χ1n) is 5.14. The number of anilines is 1. The molecule has 1 heterocycles. The summed E-state index contributed by atoms with van der Waals surface area (Å²) in [5, 5.41) is 3.26. The van der Waals surface area contributed by atoms with Gasteiger partial charge in [0.25, 0.3) is 0 Å². The van der Waals surface area contributed by atoms with E-state index in [0.717, 1.165) is 25.2 Å². The Kier molecular flexibility index (Phi) is 4.40. The molecule has 1 atom stereocenters. The lowest BCUT2D eigenvalue weighted by molar-refractivity contribution is 0.613. The molecular formula is C11H19N3. The SMILES string of the molecule is CCC(N)CCNc1cc(C)ccn1. The van der Waals surface area contributed by atoms with Crippen molar-refractivity contribution in [1.29, 1.82) is 0 Å². The monoisotopic (exact) mass is 193 g/mol. The minimum atomic E-state index is 0.298. The fraction of sp³-hybridized carbons (Fsp3) is 0.545. The van der Waals surface area contributed by atoms with Gasteiger partial charge in [-0.25, -0.2) is 4.98 Å². The number of aromatic nitrogens is 1. The van der Waals surface area contributed by atoms with Crippen LogP contribution in [0, 0.1) is 6.92 Å². The van der Waals surface area contributed by atoms with Gasteiger partial charge in [-0.2, -0.15) is 0 Å². The molecule has 14 heavy (non-hydrogen) atoms. The number of nitrogens with two attached hydrogens (primary N) is 1. The standard InChI is InChI=1S/C11H19N3/c1-3-10(12)5-7-14-11-8-9(2)4-6-13-11/h4,6,8,10H,3,5,7,12H2,1-2H3,(H,13,14). The molecule has 0 radical (unpaired) electrons. The number of nitrogens with zero attached hydrogens (tertiary/aromatic N) is 1. The molecule has 1 aromatic heterocycles. The van der Waals surface area contributed by atoms with Gasteiger partial charge in [0.15, 0.2) is 0 Å².